The maximum absolute atomic E-state index is 13.4. The standard InChI is InChI=1S/C35H56O9/c1-19(2)30(37)22(5)15-16-27(36)24(7)33(40)26(9)34-28(42-10)14-12-13-21(4)31(38)25(8)32(39)23(6)17-20(3)18-29(43-11)35(41)44-34/h12-19,22-26,28,30-34,37-40H,1-11H3. The van der Waals surface area contributed by atoms with Crippen LogP contribution < -0.4 is 0 Å². The fraction of sp³-hybridized carbons (Fsp3) is 0.657. The zero-order chi connectivity index (χ0) is 33.9. The van der Waals surface area contributed by atoms with E-state index < -0.39 is 60.3 Å². The van der Waals surface area contributed by atoms with Crippen LogP contribution in [0.2, 0.25) is 0 Å². The molecule has 4 N–H and O–H groups in total. The van der Waals surface area contributed by atoms with Gasteiger partial charge in [-0.1, -0.05) is 84.4 Å². The van der Waals surface area contributed by atoms with Crippen molar-refractivity contribution in [3.63, 3.8) is 0 Å². The van der Waals surface area contributed by atoms with Crippen molar-refractivity contribution in [2.75, 3.05) is 14.2 Å². The predicted octanol–water partition coefficient (Wildman–Crippen LogP) is 4.31. The average molecular weight is 621 g/mol. The van der Waals surface area contributed by atoms with Crippen molar-refractivity contribution in [2.45, 2.75) is 98.9 Å². The van der Waals surface area contributed by atoms with Gasteiger partial charge in [0, 0.05) is 36.7 Å². The van der Waals surface area contributed by atoms with Gasteiger partial charge in [0.05, 0.1) is 31.5 Å². The Balaban J connectivity index is 3.52. The number of esters is 1. The molecule has 0 bridgehead atoms. The number of aliphatic hydroxyl groups is 4. The normalized spacial score (nSPS) is 29.6. The van der Waals surface area contributed by atoms with E-state index in [9.17, 15) is 30.0 Å². The van der Waals surface area contributed by atoms with Crippen molar-refractivity contribution in [3.8, 4) is 0 Å². The van der Waals surface area contributed by atoms with Crippen LogP contribution in [0.3, 0.4) is 0 Å². The van der Waals surface area contributed by atoms with E-state index in [0.717, 1.165) is 0 Å². The summed E-state index contributed by atoms with van der Waals surface area (Å²) in [6.45, 7) is 16.0. The Morgan fingerprint density at radius 2 is 1.64 bits per heavy atom. The lowest BCUT2D eigenvalue weighted by atomic mass is 9.84. The van der Waals surface area contributed by atoms with Gasteiger partial charge in [0.2, 0.25) is 5.76 Å². The van der Waals surface area contributed by atoms with Crippen molar-refractivity contribution in [3.05, 3.63) is 59.4 Å². The smallest absolute Gasteiger partial charge is 0.373 e. The van der Waals surface area contributed by atoms with Crippen LogP contribution in [0.5, 0.6) is 0 Å². The molecule has 1 rings (SSSR count). The van der Waals surface area contributed by atoms with E-state index in [0.29, 0.717) is 11.1 Å². The van der Waals surface area contributed by atoms with Crippen molar-refractivity contribution >= 4 is 11.8 Å². The minimum atomic E-state index is -1.22. The number of methoxy groups -OCH3 is 2. The number of hydrogen-bond donors (Lipinski definition) is 4. The lowest BCUT2D eigenvalue weighted by molar-refractivity contribution is -0.162. The third-order valence-electron chi connectivity index (χ3n) is 8.65. The van der Waals surface area contributed by atoms with Gasteiger partial charge in [-0.05, 0) is 37.5 Å². The molecule has 11 unspecified atom stereocenters. The molecule has 0 spiro atoms. The molecule has 0 aromatic carbocycles. The number of hydrogen-bond acceptors (Lipinski definition) is 9. The lowest BCUT2D eigenvalue weighted by Crippen LogP contribution is -2.45. The van der Waals surface area contributed by atoms with E-state index in [1.165, 1.54) is 26.4 Å². The summed E-state index contributed by atoms with van der Waals surface area (Å²) in [5.74, 6) is -3.86. The van der Waals surface area contributed by atoms with E-state index in [1.807, 2.05) is 27.7 Å². The summed E-state index contributed by atoms with van der Waals surface area (Å²) >= 11 is 0. The van der Waals surface area contributed by atoms with Crippen molar-refractivity contribution in [1.29, 1.82) is 0 Å². The first-order valence-electron chi connectivity index (χ1n) is 15.4. The topological polar surface area (TPSA) is 143 Å². The molecule has 1 aliphatic heterocycles. The average Bonchev–Trinajstić information content (AvgIpc) is 2.99. The summed E-state index contributed by atoms with van der Waals surface area (Å²) in [6.07, 6.45) is 5.86. The first-order valence-corrected chi connectivity index (χ1v) is 15.4. The molecule has 0 amide bonds. The van der Waals surface area contributed by atoms with Crippen molar-refractivity contribution in [2.24, 2.45) is 35.5 Å². The second-order valence-electron chi connectivity index (χ2n) is 12.6. The predicted molar refractivity (Wildman–Crippen MR) is 171 cm³/mol. The summed E-state index contributed by atoms with van der Waals surface area (Å²) in [6, 6.07) is 0. The summed E-state index contributed by atoms with van der Waals surface area (Å²) in [5.41, 5.74) is 1.26. The van der Waals surface area contributed by atoms with Crippen LogP contribution >= 0.6 is 0 Å². The number of rotatable bonds is 10. The molecule has 1 heterocycles. The van der Waals surface area contributed by atoms with Crippen LogP contribution in [-0.2, 0) is 23.8 Å². The third-order valence-corrected chi connectivity index (χ3v) is 8.65. The molecule has 0 aromatic rings. The van der Waals surface area contributed by atoms with Gasteiger partial charge in [-0.15, -0.1) is 0 Å². The first kappa shape index (κ1) is 39.5. The molecule has 0 aliphatic carbocycles. The Kier molecular flexibility index (Phi) is 16.5. The van der Waals surface area contributed by atoms with Gasteiger partial charge in [0.25, 0.3) is 0 Å². The Bertz CT molecular complexity index is 1090. The Hall–Kier alpha value is -2.56. The van der Waals surface area contributed by atoms with E-state index in [1.54, 1.807) is 65.0 Å². The number of carbonyl (C=O) groups is 2. The molecule has 0 radical (unpaired) electrons. The fourth-order valence-corrected chi connectivity index (χ4v) is 5.38. The van der Waals surface area contributed by atoms with Crippen LogP contribution in [-0.4, -0.2) is 83.0 Å². The van der Waals surface area contributed by atoms with E-state index in [4.69, 9.17) is 14.2 Å². The Labute approximate surface area is 264 Å². The summed E-state index contributed by atoms with van der Waals surface area (Å²) in [7, 11) is 2.78. The van der Waals surface area contributed by atoms with E-state index >= 15 is 0 Å². The molecule has 0 aromatic heterocycles. The second kappa shape index (κ2) is 18.4. The molecular weight excluding hydrogens is 564 g/mol. The number of ether oxygens (including phenoxy) is 3. The molecule has 9 nitrogen and oxygen atoms in total. The van der Waals surface area contributed by atoms with Crippen molar-refractivity contribution < 1.29 is 44.2 Å². The highest BCUT2D eigenvalue weighted by Crippen LogP contribution is 2.27. The zero-order valence-electron chi connectivity index (χ0n) is 28.3. The van der Waals surface area contributed by atoms with Crippen LogP contribution in [0.15, 0.2) is 59.4 Å². The first-order chi connectivity index (χ1) is 20.5. The summed E-state index contributed by atoms with van der Waals surface area (Å²) in [4.78, 5) is 26.4. The third kappa shape index (κ3) is 11.1. The molecule has 1 aliphatic rings. The number of cyclic esters (lactones) is 1. The fourth-order valence-electron chi connectivity index (χ4n) is 5.38. The largest absolute Gasteiger partial charge is 0.490 e. The number of carbonyl (C=O) groups excluding carboxylic acids is 2. The number of aliphatic hydroxyl groups excluding tert-OH is 4. The van der Waals surface area contributed by atoms with Gasteiger partial charge in [-0.2, -0.15) is 0 Å². The maximum Gasteiger partial charge on any atom is 0.373 e. The van der Waals surface area contributed by atoms with Crippen LogP contribution in [0.1, 0.15) is 62.3 Å². The van der Waals surface area contributed by atoms with E-state index in [-0.39, 0.29) is 29.3 Å². The molecule has 0 saturated heterocycles. The van der Waals surface area contributed by atoms with Gasteiger partial charge < -0.3 is 34.6 Å². The Morgan fingerprint density at radius 3 is 2.18 bits per heavy atom. The highest BCUT2D eigenvalue weighted by molar-refractivity contribution is 5.92. The number of ketones is 1. The molecular formula is C35H56O9. The molecule has 0 saturated carbocycles. The van der Waals surface area contributed by atoms with Crippen LogP contribution in [0, 0.1) is 35.5 Å². The quantitative estimate of drug-likeness (QED) is 0.208. The SMILES string of the molecule is COC1=CC(C)=CC(C)C(O)C(C)C(O)C(C)=CC=CC(OC)C(C(C)C(O)C(C)C(=O)C=CC(C)C(O)C(C)C)OC1=O. The molecule has 250 valence electrons. The molecule has 0 fully saturated rings. The van der Waals surface area contributed by atoms with Crippen LogP contribution in [0.4, 0.5) is 0 Å². The van der Waals surface area contributed by atoms with Gasteiger partial charge >= 0.3 is 5.97 Å². The second-order valence-corrected chi connectivity index (χ2v) is 12.6. The van der Waals surface area contributed by atoms with Gasteiger partial charge in [-0.3, -0.25) is 4.79 Å². The Morgan fingerprint density at radius 1 is 1.02 bits per heavy atom. The number of allylic oxidation sites excluding steroid dienone is 5. The highest BCUT2D eigenvalue weighted by atomic mass is 16.6. The van der Waals surface area contributed by atoms with Crippen molar-refractivity contribution in [1.82, 2.24) is 0 Å². The van der Waals surface area contributed by atoms with Crippen LogP contribution in [0.25, 0.3) is 0 Å². The highest BCUT2D eigenvalue weighted by Gasteiger charge is 2.38. The maximum atomic E-state index is 13.4. The van der Waals surface area contributed by atoms with E-state index in [2.05, 4.69) is 0 Å². The molecule has 44 heavy (non-hydrogen) atoms. The summed E-state index contributed by atoms with van der Waals surface area (Å²) < 4.78 is 17.0. The molecule has 11 atom stereocenters. The van der Waals surface area contributed by atoms with Gasteiger partial charge in [0.1, 0.15) is 12.2 Å². The minimum absolute atomic E-state index is 0.0238. The monoisotopic (exact) mass is 620 g/mol. The molecule has 9 heteroatoms. The van der Waals surface area contributed by atoms with Gasteiger partial charge in [0.15, 0.2) is 5.78 Å². The lowest BCUT2D eigenvalue weighted by Gasteiger charge is -2.33. The van der Waals surface area contributed by atoms with Gasteiger partial charge in [-0.25, -0.2) is 4.79 Å². The zero-order valence-corrected chi connectivity index (χ0v) is 28.3. The summed E-state index contributed by atoms with van der Waals surface area (Å²) in [5, 5.41) is 43.4. The minimum Gasteiger partial charge on any atom is -0.490 e.